The summed E-state index contributed by atoms with van der Waals surface area (Å²) >= 11 is 0. The molecule has 1 rings (SSSR count). The smallest absolute Gasteiger partial charge is 0.337 e. The van der Waals surface area contributed by atoms with E-state index in [1.165, 1.54) is 14.2 Å². The van der Waals surface area contributed by atoms with Gasteiger partial charge in [-0.25, -0.2) is 0 Å². The highest BCUT2D eigenvalue weighted by molar-refractivity contribution is 7.54. The summed E-state index contributed by atoms with van der Waals surface area (Å²) in [6.07, 6.45) is 0.904. The molecule has 0 aromatic heterocycles. The zero-order valence-corrected chi connectivity index (χ0v) is 20.9. The highest BCUT2D eigenvalue weighted by Gasteiger charge is 2.39. The number of ketones is 1. The molecule has 166 valence electrons. The van der Waals surface area contributed by atoms with E-state index in [1.807, 2.05) is 13.8 Å². The second kappa shape index (κ2) is 9.82. The van der Waals surface area contributed by atoms with E-state index >= 15 is 0 Å². The molecule has 0 amide bonds. The number of hydrogen-bond acceptors (Lipinski definition) is 7. The summed E-state index contributed by atoms with van der Waals surface area (Å²) in [6.45, 7) is 15.4. The van der Waals surface area contributed by atoms with Crippen LogP contribution in [0.25, 0.3) is 0 Å². The second-order valence-corrected chi connectivity index (χ2v) is 16.5. The number of ether oxygens (including phenoxy) is 2. The largest absolute Gasteiger partial charge is 0.417 e. The van der Waals surface area contributed by atoms with Crippen molar-refractivity contribution in [2.24, 2.45) is 0 Å². The van der Waals surface area contributed by atoms with Gasteiger partial charge in [0, 0.05) is 33.7 Å². The van der Waals surface area contributed by atoms with Gasteiger partial charge >= 0.3 is 7.60 Å². The van der Waals surface area contributed by atoms with E-state index in [4.69, 9.17) is 22.9 Å². The third kappa shape index (κ3) is 7.98. The van der Waals surface area contributed by atoms with Crippen molar-refractivity contribution < 1.29 is 32.3 Å². The van der Waals surface area contributed by atoms with Crippen molar-refractivity contribution in [2.45, 2.75) is 90.0 Å². The molecule has 0 aromatic rings. The topological polar surface area (TPSA) is 80.3 Å². The number of Topliss-reactive ketones (excluding diaryl/α,β-unsaturated/α-hetero) is 1. The van der Waals surface area contributed by atoms with Crippen molar-refractivity contribution >= 4 is 21.7 Å². The molecule has 0 saturated carbocycles. The Morgan fingerprint density at radius 2 is 1.68 bits per heavy atom. The Bertz CT molecular complexity index is 563. The van der Waals surface area contributed by atoms with Crippen molar-refractivity contribution in [1.29, 1.82) is 0 Å². The Morgan fingerprint density at radius 1 is 1.14 bits per heavy atom. The van der Waals surface area contributed by atoms with Crippen molar-refractivity contribution in [3.8, 4) is 0 Å². The Labute approximate surface area is 171 Å². The molecule has 2 atom stereocenters. The number of hydrogen-bond donors (Lipinski definition) is 0. The second-order valence-electron chi connectivity index (χ2n) is 9.39. The fourth-order valence-electron chi connectivity index (χ4n) is 2.92. The van der Waals surface area contributed by atoms with Crippen LogP contribution < -0.4 is 0 Å². The summed E-state index contributed by atoms with van der Waals surface area (Å²) in [7, 11) is -2.60. The molecule has 0 unspecified atom stereocenters. The van der Waals surface area contributed by atoms with Crippen LogP contribution in [0.15, 0.2) is 0 Å². The van der Waals surface area contributed by atoms with Crippen molar-refractivity contribution in [2.75, 3.05) is 27.0 Å². The van der Waals surface area contributed by atoms with Gasteiger partial charge in [-0.15, -0.1) is 0 Å². The zero-order chi connectivity index (χ0) is 21.8. The maximum atomic E-state index is 12.3. The van der Waals surface area contributed by atoms with Gasteiger partial charge < -0.3 is 22.9 Å². The quantitative estimate of drug-likeness (QED) is 0.359. The minimum Gasteiger partial charge on any atom is -0.417 e. The lowest BCUT2D eigenvalue weighted by Gasteiger charge is -2.41. The van der Waals surface area contributed by atoms with E-state index in [1.54, 1.807) is 0 Å². The number of rotatable bonds is 10. The predicted molar refractivity (Wildman–Crippen MR) is 112 cm³/mol. The Hall–Kier alpha value is -0.0831. The number of carbonyl (C=O) groups excluding carboxylic acids is 1. The predicted octanol–water partition coefficient (Wildman–Crippen LogP) is 4.75. The molecule has 1 aliphatic rings. The molecule has 0 N–H and O–H groups in total. The van der Waals surface area contributed by atoms with Gasteiger partial charge in [-0.3, -0.25) is 9.36 Å². The SMILES string of the molecule is COP(=O)(CC(=O)C[C@@H]1C[C@H](CCO[Si](C)(C)C(C)(C)C)OC(C)(C)O1)OC. The van der Waals surface area contributed by atoms with Gasteiger partial charge in [0.2, 0.25) is 0 Å². The average Bonchev–Trinajstić information content (AvgIpc) is 2.51. The van der Waals surface area contributed by atoms with Gasteiger partial charge in [0.15, 0.2) is 14.1 Å². The molecule has 1 fully saturated rings. The lowest BCUT2D eigenvalue weighted by Crippen LogP contribution is -2.46. The molecule has 1 heterocycles. The highest BCUT2D eigenvalue weighted by atomic mass is 31.2. The third-order valence-corrected chi connectivity index (χ3v) is 11.9. The van der Waals surface area contributed by atoms with Crippen LogP contribution in [0.2, 0.25) is 18.1 Å². The van der Waals surface area contributed by atoms with Gasteiger partial charge in [0.25, 0.3) is 0 Å². The van der Waals surface area contributed by atoms with Crippen molar-refractivity contribution in [3.63, 3.8) is 0 Å². The lowest BCUT2D eigenvalue weighted by molar-refractivity contribution is -0.300. The first-order valence-corrected chi connectivity index (χ1v) is 14.5. The summed E-state index contributed by atoms with van der Waals surface area (Å²) in [5, 5.41) is 0.161. The lowest BCUT2D eigenvalue weighted by atomic mass is 10.0. The average molecular weight is 439 g/mol. The van der Waals surface area contributed by atoms with E-state index in [-0.39, 0.29) is 35.6 Å². The fraction of sp³-hybridized carbons (Fsp3) is 0.947. The molecule has 0 bridgehead atoms. The molecule has 1 aliphatic heterocycles. The molecule has 0 aromatic carbocycles. The summed E-state index contributed by atoms with van der Waals surface area (Å²) in [5.41, 5.74) is 0. The van der Waals surface area contributed by atoms with Crippen LogP contribution >= 0.6 is 7.60 Å². The standard InChI is InChI=1S/C19H39O7PSi/c1-18(2,3)28(8,9)24-11-10-16-13-17(26-19(4,5)25-16)12-15(20)14-27(21,22-6)23-7/h16-17H,10-14H2,1-9H3/t16-,17+/m0/s1. The summed E-state index contributed by atoms with van der Waals surface area (Å²) < 4.78 is 40.1. The van der Waals surface area contributed by atoms with Crippen LogP contribution in [-0.2, 0) is 32.3 Å². The van der Waals surface area contributed by atoms with E-state index in [2.05, 4.69) is 33.9 Å². The molecular formula is C19H39O7PSi. The van der Waals surface area contributed by atoms with E-state index in [9.17, 15) is 9.36 Å². The van der Waals surface area contributed by atoms with Crippen molar-refractivity contribution in [3.05, 3.63) is 0 Å². The van der Waals surface area contributed by atoms with E-state index < -0.39 is 21.7 Å². The first-order chi connectivity index (χ1) is 12.6. The summed E-state index contributed by atoms with van der Waals surface area (Å²) in [4.78, 5) is 12.3. The van der Waals surface area contributed by atoms with Crippen LogP contribution in [0.4, 0.5) is 0 Å². The normalized spacial score (nSPS) is 23.6. The van der Waals surface area contributed by atoms with E-state index in [0.717, 1.165) is 6.42 Å². The van der Waals surface area contributed by atoms with Gasteiger partial charge in [-0.2, -0.15) is 0 Å². The molecule has 28 heavy (non-hydrogen) atoms. The van der Waals surface area contributed by atoms with Gasteiger partial charge in [-0.1, -0.05) is 20.8 Å². The maximum absolute atomic E-state index is 12.3. The van der Waals surface area contributed by atoms with Gasteiger partial charge in [0.1, 0.15) is 11.9 Å². The maximum Gasteiger partial charge on any atom is 0.337 e. The van der Waals surface area contributed by atoms with Crippen LogP contribution in [0.1, 0.15) is 53.9 Å². The zero-order valence-electron chi connectivity index (χ0n) is 19.0. The molecular weight excluding hydrogens is 399 g/mol. The summed E-state index contributed by atoms with van der Waals surface area (Å²) in [6, 6.07) is 0. The van der Waals surface area contributed by atoms with Crippen LogP contribution in [0.3, 0.4) is 0 Å². The monoisotopic (exact) mass is 438 g/mol. The minimum atomic E-state index is -3.36. The first-order valence-electron chi connectivity index (χ1n) is 9.85. The van der Waals surface area contributed by atoms with Crippen molar-refractivity contribution in [1.82, 2.24) is 0 Å². The molecule has 0 aliphatic carbocycles. The highest BCUT2D eigenvalue weighted by Crippen LogP contribution is 2.46. The molecule has 1 saturated heterocycles. The molecule has 0 radical (unpaired) electrons. The van der Waals surface area contributed by atoms with Gasteiger partial charge in [0.05, 0.1) is 12.2 Å². The molecule has 0 spiro atoms. The third-order valence-electron chi connectivity index (χ3n) is 5.52. The summed E-state index contributed by atoms with van der Waals surface area (Å²) in [5.74, 6) is -0.983. The van der Waals surface area contributed by atoms with Gasteiger partial charge in [-0.05, 0) is 38.4 Å². The van der Waals surface area contributed by atoms with Crippen LogP contribution in [0, 0.1) is 0 Å². The van der Waals surface area contributed by atoms with Crippen LogP contribution in [0.5, 0.6) is 0 Å². The Morgan fingerprint density at radius 3 is 2.18 bits per heavy atom. The molecule has 7 nitrogen and oxygen atoms in total. The number of carbonyl (C=O) groups is 1. The molecule has 9 heteroatoms. The minimum absolute atomic E-state index is 0.0528. The van der Waals surface area contributed by atoms with Crippen LogP contribution in [-0.4, -0.2) is 59.1 Å². The fourth-order valence-corrected chi connectivity index (χ4v) is 4.95. The Balaban J connectivity index is 2.63. The Kier molecular flexibility index (Phi) is 9.10. The van der Waals surface area contributed by atoms with E-state index in [0.29, 0.717) is 13.0 Å². The first kappa shape index (κ1) is 26.0.